The number of aliphatic carboxylic acids is 1. The normalized spacial score (nSPS) is 17.6. The number of aliphatic hydroxyl groups excluding tert-OH is 1. The van der Waals surface area contributed by atoms with Crippen molar-refractivity contribution in [3.63, 3.8) is 0 Å². The van der Waals surface area contributed by atoms with Gasteiger partial charge in [0.2, 0.25) is 41.4 Å². The van der Waals surface area contributed by atoms with E-state index in [9.17, 15) is 48.6 Å². The molecule has 0 spiro atoms. The van der Waals surface area contributed by atoms with Crippen LogP contribution in [0.3, 0.4) is 0 Å². The molecular weight excluding hydrogens is 801 g/mol. The van der Waals surface area contributed by atoms with Gasteiger partial charge in [0.1, 0.15) is 42.3 Å². The third kappa shape index (κ3) is 19.8. The van der Waals surface area contributed by atoms with Crippen molar-refractivity contribution in [1.82, 2.24) is 36.8 Å². The number of rotatable bonds is 27. The highest BCUT2D eigenvalue weighted by molar-refractivity contribution is 5.97. The summed E-state index contributed by atoms with van der Waals surface area (Å²) >= 11 is 0. The number of carboxylic acid groups (broad SMARTS) is 1. The zero-order chi connectivity index (χ0) is 47.6. The molecule has 0 saturated carbocycles. The minimum absolute atomic E-state index is 0.0215. The van der Waals surface area contributed by atoms with E-state index in [1.807, 2.05) is 83.1 Å². The van der Waals surface area contributed by atoms with Crippen molar-refractivity contribution in [3.05, 3.63) is 0 Å². The number of nitrogens with one attached hydrogen (secondary N) is 6. The summed E-state index contributed by atoms with van der Waals surface area (Å²) in [5.41, 5.74) is 6.11. The minimum atomic E-state index is -1.55. The highest BCUT2D eigenvalue weighted by Gasteiger charge is 2.40. The topological polar surface area (TPSA) is 278 Å². The van der Waals surface area contributed by atoms with Crippen LogP contribution < -0.4 is 37.6 Å². The van der Waals surface area contributed by atoms with Gasteiger partial charge in [-0.05, 0) is 86.9 Å². The Morgan fingerprint density at radius 3 is 1.15 bits per heavy atom. The molecule has 0 radical (unpaired) electrons. The maximum Gasteiger partial charge on any atom is 0.328 e. The van der Waals surface area contributed by atoms with Crippen molar-refractivity contribution < 1.29 is 48.6 Å². The highest BCUT2D eigenvalue weighted by Crippen LogP contribution is 2.21. The summed E-state index contributed by atoms with van der Waals surface area (Å²) < 4.78 is 0. The lowest BCUT2D eigenvalue weighted by atomic mass is 9.97. The van der Waals surface area contributed by atoms with Gasteiger partial charge in [-0.15, -0.1) is 0 Å². The van der Waals surface area contributed by atoms with Gasteiger partial charge >= 0.3 is 5.97 Å². The van der Waals surface area contributed by atoms with Gasteiger partial charge < -0.3 is 52.7 Å². The molecule has 0 aromatic rings. The van der Waals surface area contributed by atoms with Crippen LogP contribution in [0.2, 0.25) is 0 Å². The molecule has 18 nitrogen and oxygen atoms in total. The molecule has 7 amide bonds. The molecular formula is C44H80N8O10. The summed E-state index contributed by atoms with van der Waals surface area (Å²) in [4.78, 5) is 109. The van der Waals surface area contributed by atoms with E-state index in [0.717, 1.165) is 0 Å². The Balaban J connectivity index is 3.36. The molecule has 356 valence electrons. The predicted molar refractivity (Wildman–Crippen MR) is 236 cm³/mol. The van der Waals surface area contributed by atoms with E-state index in [2.05, 4.69) is 31.9 Å². The van der Waals surface area contributed by atoms with Crippen LogP contribution in [0, 0.1) is 35.5 Å². The smallest absolute Gasteiger partial charge is 0.328 e. The first-order valence-electron chi connectivity index (χ1n) is 22.5. The first-order valence-corrected chi connectivity index (χ1v) is 22.5. The molecule has 1 rings (SSSR count). The molecule has 62 heavy (non-hydrogen) atoms. The van der Waals surface area contributed by atoms with E-state index in [4.69, 9.17) is 5.73 Å². The van der Waals surface area contributed by atoms with Crippen LogP contribution in [-0.4, -0.2) is 124 Å². The number of hydrogen-bond acceptors (Lipinski definition) is 10. The van der Waals surface area contributed by atoms with Gasteiger partial charge in [-0.25, -0.2) is 4.79 Å². The summed E-state index contributed by atoms with van der Waals surface area (Å²) in [6.07, 6.45) is 2.26. The third-order valence-corrected chi connectivity index (χ3v) is 10.4. The maximum atomic E-state index is 14.1. The van der Waals surface area contributed by atoms with Crippen LogP contribution in [-0.2, 0) is 38.4 Å². The van der Waals surface area contributed by atoms with Gasteiger partial charge in [-0.2, -0.15) is 0 Å². The van der Waals surface area contributed by atoms with Crippen molar-refractivity contribution in [2.45, 2.75) is 183 Å². The number of hydrogen-bond donors (Lipinski definition) is 9. The molecule has 1 heterocycles. The molecule has 1 saturated heterocycles. The van der Waals surface area contributed by atoms with Crippen LogP contribution in [0.15, 0.2) is 0 Å². The average Bonchev–Trinajstić information content (AvgIpc) is 3.64. The fourth-order valence-corrected chi connectivity index (χ4v) is 7.44. The SMILES string of the molecule is CC(C)C[C@H](NC(=O)[C@H](CC(C)C)NC(=O)[C@H](CC(C)C)NC(=O)[C@@H](N)CC(C)C)C(=O)N[C@@H](CC(C)C)C(=O)N[C@@H](CC(C)C)C(=O)N1CCC[C@H]1C(=O)N[C@@H](CO)C(=O)O. The summed E-state index contributed by atoms with van der Waals surface area (Å²) in [6.45, 7) is 22.1. The summed E-state index contributed by atoms with van der Waals surface area (Å²) in [5, 5.41) is 35.1. The van der Waals surface area contributed by atoms with Crippen molar-refractivity contribution >= 4 is 47.3 Å². The minimum Gasteiger partial charge on any atom is -0.480 e. The fraction of sp³-hybridized carbons (Fsp3) is 0.818. The number of carbonyl (C=O) groups is 8. The zero-order valence-electron chi connectivity index (χ0n) is 39.3. The molecule has 0 bridgehead atoms. The first kappa shape index (κ1) is 55.7. The summed E-state index contributed by atoms with van der Waals surface area (Å²) in [5.74, 6) is -5.68. The van der Waals surface area contributed by atoms with Gasteiger partial charge in [-0.1, -0.05) is 83.1 Å². The Kier molecular flexibility index (Phi) is 24.3. The molecule has 18 heteroatoms. The molecule has 0 aliphatic carbocycles. The molecule has 10 N–H and O–H groups in total. The molecule has 0 aromatic heterocycles. The van der Waals surface area contributed by atoms with Crippen molar-refractivity contribution in [1.29, 1.82) is 0 Å². The first-order chi connectivity index (χ1) is 28.8. The maximum absolute atomic E-state index is 14.1. The molecule has 1 fully saturated rings. The second kappa shape index (κ2) is 27.0. The number of nitrogens with two attached hydrogens (primary N) is 1. The molecule has 1 aliphatic rings. The number of carbonyl (C=O) groups excluding carboxylic acids is 7. The fourth-order valence-electron chi connectivity index (χ4n) is 7.44. The lowest BCUT2D eigenvalue weighted by Gasteiger charge is -2.31. The predicted octanol–water partition coefficient (Wildman–Crippen LogP) is 1.57. The monoisotopic (exact) mass is 881 g/mol. The Morgan fingerprint density at radius 2 is 0.823 bits per heavy atom. The molecule has 0 unspecified atom stereocenters. The number of amides is 7. The number of likely N-dealkylation sites (tertiary alicyclic amines) is 1. The second-order valence-electron chi connectivity index (χ2n) is 19.5. The van der Waals surface area contributed by atoms with Gasteiger partial charge in [0.15, 0.2) is 0 Å². The summed E-state index contributed by atoms with van der Waals surface area (Å²) in [6, 6.07) is -8.70. The Morgan fingerprint density at radius 1 is 0.500 bits per heavy atom. The van der Waals surface area contributed by atoms with Crippen LogP contribution >= 0.6 is 0 Å². The number of nitrogens with zero attached hydrogens (tertiary/aromatic N) is 1. The Labute approximate surface area is 369 Å². The van der Waals surface area contributed by atoms with Crippen molar-refractivity contribution in [2.24, 2.45) is 41.2 Å². The molecule has 0 aromatic carbocycles. The van der Waals surface area contributed by atoms with Crippen LogP contribution in [0.1, 0.15) is 134 Å². The van der Waals surface area contributed by atoms with Gasteiger partial charge in [0, 0.05) is 6.54 Å². The standard InChI is InChI=1S/C44H80N8O10/c1-23(2)16-29(45)37(54)46-30(17-24(3)4)38(55)47-31(18-25(5)6)39(56)48-32(19-26(7)8)40(57)49-33(20-27(9)10)41(58)50-34(21-28(11)12)43(60)52-15-13-14-36(52)42(59)51-35(22-53)44(61)62/h23-36,53H,13-22,45H2,1-12H3,(H,46,54)(H,47,55)(H,48,56)(H,49,57)(H,50,58)(H,51,59)(H,61,62)/t29-,30-,31-,32-,33-,34-,35-,36-/m0/s1. The van der Waals surface area contributed by atoms with E-state index < -0.39 is 102 Å². The van der Waals surface area contributed by atoms with E-state index >= 15 is 0 Å². The van der Waals surface area contributed by atoms with E-state index in [1.165, 1.54) is 4.90 Å². The van der Waals surface area contributed by atoms with E-state index in [1.54, 1.807) is 0 Å². The van der Waals surface area contributed by atoms with Gasteiger partial charge in [-0.3, -0.25) is 33.6 Å². The molecule has 8 atom stereocenters. The van der Waals surface area contributed by atoms with Crippen LogP contribution in [0.5, 0.6) is 0 Å². The third-order valence-electron chi connectivity index (χ3n) is 10.4. The highest BCUT2D eigenvalue weighted by atomic mass is 16.4. The quantitative estimate of drug-likeness (QED) is 0.0571. The van der Waals surface area contributed by atoms with Crippen molar-refractivity contribution in [2.75, 3.05) is 13.2 Å². The Bertz CT molecular complexity index is 1500. The van der Waals surface area contributed by atoms with E-state index in [-0.39, 0.29) is 74.2 Å². The Hall–Kier alpha value is -4.32. The lowest BCUT2D eigenvalue weighted by molar-refractivity contribution is -0.146. The second-order valence-corrected chi connectivity index (χ2v) is 19.5. The number of aliphatic hydroxyl groups is 1. The largest absolute Gasteiger partial charge is 0.480 e. The van der Waals surface area contributed by atoms with Gasteiger partial charge in [0.05, 0.1) is 12.6 Å². The van der Waals surface area contributed by atoms with E-state index in [0.29, 0.717) is 19.3 Å². The molecule has 1 aliphatic heterocycles. The number of carboxylic acids is 1. The van der Waals surface area contributed by atoms with Crippen LogP contribution in [0.4, 0.5) is 0 Å². The summed E-state index contributed by atoms with van der Waals surface area (Å²) in [7, 11) is 0. The average molecular weight is 881 g/mol. The van der Waals surface area contributed by atoms with Gasteiger partial charge in [0.25, 0.3) is 0 Å². The van der Waals surface area contributed by atoms with Crippen molar-refractivity contribution in [3.8, 4) is 0 Å². The van der Waals surface area contributed by atoms with Crippen LogP contribution in [0.25, 0.3) is 0 Å². The lowest BCUT2D eigenvalue weighted by Crippen LogP contribution is -2.60. The zero-order valence-corrected chi connectivity index (χ0v) is 39.3.